The molecule has 0 aliphatic heterocycles. The number of halogens is 2. The molecule has 2 aromatic carbocycles. The van der Waals surface area contributed by atoms with Gasteiger partial charge in [-0.3, -0.25) is 4.98 Å². The molecule has 100 valence electrons. The average molecular weight is 270 g/mol. The summed E-state index contributed by atoms with van der Waals surface area (Å²) in [7, 11) is 0. The van der Waals surface area contributed by atoms with Gasteiger partial charge in [0.05, 0.1) is 17.4 Å². The smallest absolute Gasteiger partial charge is 0.131 e. The van der Waals surface area contributed by atoms with Gasteiger partial charge in [-0.25, -0.2) is 8.78 Å². The first kappa shape index (κ1) is 12.5. The van der Waals surface area contributed by atoms with Crippen LogP contribution in [0, 0.1) is 11.6 Å². The van der Waals surface area contributed by atoms with E-state index in [-0.39, 0.29) is 12.1 Å². The van der Waals surface area contributed by atoms with Gasteiger partial charge >= 0.3 is 0 Å². The lowest BCUT2D eigenvalue weighted by Crippen LogP contribution is -2.04. The van der Waals surface area contributed by atoms with Crippen molar-refractivity contribution >= 4 is 16.6 Å². The van der Waals surface area contributed by atoms with E-state index in [0.717, 1.165) is 16.6 Å². The number of fused-ring (bicyclic) bond motifs is 1. The minimum Gasteiger partial charge on any atom is -0.379 e. The third-order valence-corrected chi connectivity index (χ3v) is 3.12. The molecule has 3 rings (SSSR count). The summed E-state index contributed by atoms with van der Waals surface area (Å²) in [6, 6.07) is 13.4. The molecule has 0 fully saturated rings. The van der Waals surface area contributed by atoms with Crippen LogP contribution in [0.4, 0.5) is 14.5 Å². The Morgan fingerprint density at radius 1 is 0.950 bits per heavy atom. The van der Waals surface area contributed by atoms with Crippen LogP contribution < -0.4 is 5.32 Å². The fourth-order valence-electron chi connectivity index (χ4n) is 2.06. The second-order valence-electron chi connectivity index (χ2n) is 4.47. The van der Waals surface area contributed by atoms with Crippen LogP contribution in [0.3, 0.4) is 0 Å². The van der Waals surface area contributed by atoms with Crippen LogP contribution in [-0.4, -0.2) is 4.98 Å². The maximum atomic E-state index is 13.5. The summed E-state index contributed by atoms with van der Waals surface area (Å²) >= 11 is 0. The Balaban J connectivity index is 1.83. The highest BCUT2D eigenvalue weighted by Crippen LogP contribution is 2.18. The van der Waals surface area contributed by atoms with E-state index in [0.29, 0.717) is 0 Å². The molecule has 0 saturated heterocycles. The molecule has 1 aromatic heterocycles. The minimum atomic E-state index is -0.550. The Morgan fingerprint density at radius 3 is 2.50 bits per heavy atom. The summed E-state index contributed by atoms with van der Waals surface area (Å²) in [4.78, 5) is 4.29. The number of nitrogens with one attached hydrogen (secondary N) is 1. The van der Waals surface area contributed by atoms with E-state index >= 15 is 0 Å². The van der Waals surface area contributed by atoms with Gasteiger partial charge in [-0.1, -0.05) is 24.3 Å². The molecule has 0 radical (unpaired) electrons. The van der Waals surface area contributed by atoms with Crippen molar-refractivity contribution in [3.8, 4) is 0 Å². The van der Waals surface area contributed by atoms with Crippen LogP contribution in [0.1, 0.15) is 5.56 Å². The van der Waals surface area contributed by atoms with Crippen molar-refractivity contribution in [3.63, 3.8) is 0 Å². The number of nitrogens with zero attached hydrogens (tertiary/aromatic N) is 1. The standard InChI is InChI=1S/C16H12F2N2/c17-14-5-3-6-15(18)13(14)10-19-12-8-11-4-1-2-7-16(11)20-9-12/h1-9,19H,10H2. The molecule has 1 N–H and O–H groups in total. The Kier molecular flexibility index (Phi) is 3.29. The van der Waals surface area contributed by atoms with Crippen LogP contribution in [0.5, 0.6) is 0 Å². The van der Waals surface area contributed by atoms with Gasteiger partial charge in [-0.05, 0) is 24.3 Å². The number of rotatable bonds is 3. The van der Waals surface area contributed by atoms with E-state index in [9.17, 15) is 8.78 Å². The fourth-order valence-corrected chi connectivity index (χ4v) is 2.06. The molecule has 0 spiro atoms. The van der Waals surface area contributed by atoms with E-state index in [2.05, 4.69) is 10.3 Å². The molecule has 1 heterocycles. The number of para-hydroxylation sites is 1. The van der Waals surface area contributed by atoms with Crippen molar-refractivity contribution in [2.45, 2.75) is 6.54 Å². The molecular weight excluding hydrogens is 258 g/mol. The van der Waals surface area contributed by atoms with E-state index in [1.165, 1.54) is 18.2 Å². The Labute approximate surface area is 115 Å². The minimum absolute atomic E-state index is 0.0284. The molecule has 0 amide bonds. The zero-order valence-corrected chi connectivity index (χ0v) is 10.6. The van der Waals surface area contributed by atoms with Crippen molar-refractivity contribution in [1.82, 2.24) is 4.98 Å². The molecule has 0 aliphatic carbocycles. The molecule has 0 aliphatic rings. The summed E-state index contributed by atoms with van der Waals surface area (Å²) in [6.45, 7) is 0.0819. The fraction of sp³-hybridized carbons (Fsp3) is 0.0625. The zero-order valence-electron chi connectivity index (χ0n) is 10.6. The lowest BCUT2D eigenvalue weighted by atomic mass is 10.2. The van der Waals surface area contributed by atoms with Gasteiger partial charge in [0.15, 0.2) is 0 Å². The van der Waals surface area contributed by atoms with E-state index in [1.54, 1.807) is 6.20 Å². The maximum absolute atomic E-state index is 13.5. The first-order valence-electron chi connectivity index (χ1n) is 6.25. The van der Waals surface area contributed by atoms with Crippen molar-refractivity contribution in [3.05, 3.63) is 71.9 Å². The number of hydrogen-bond acceptors (Lipinski definition) is 2. The number of aromatic nitrogens is 1. The third kappa shape index (κ3) is 2.45. The number of pyridine rings is 1. The molecule has 4 heteroatoms. The van der Waals surface area contributed by atoms with Gasteiger partial charge in [-0.2, -0.15) is 0 Å². The number of hydrogen-bond donors (Lipinski definition) is 1. The SMILES string of the molecule is Fc1cccc(F)c1CNc1cnc2ccccc2c1. The Morgan fingerprint density at radius 2 is 1.70 bits per heavy atom. The largest absolute Gasteiger partial charge is 0.379 e. The van der Waals surface area contributed by atoms with Crippen molar-refractivity contribution in [2.24, 2.45) is 0 Å². The average Bonchev–Trinajstić information content (AvgIpc) is 2.46. The lowest BCUT2D eigenvalue weighted by molar-refractivity contribution is 0.560. The van der Waals surface area contributed by atoms with Crippen LogP contribution in [-0.2, 0) is 6.54 Å². The van der Waals surface area contributed by atoms with E-state index < -0.39 is 11.6 Å². The van der Waals surface area contributed by atoms with Gasteiger partial charge in [0.25, 0.3) is 0 Å². The van der Waals surface area contributed by atoms with Crippen LogP contribution in [0.25, 0.3) is 10.9 Å². The van der Waals surface area contributed by atoms with Crippen molar-refractivity contribution in [1.29, 1.82) is 0 Å². The topological polar surface area (TPSA) is 24.9 Å². The summed E-state index contributed by atoms with van der Waals surface area (Å²) < 4.78 is 27.0. The molecular formula is C16H12F2N2. The summed E-state index contributed by atoms with van der Waals surface area (Å²) in [5.41, 5.74) is 1.64. The molecule has 20 heavy (non-hydrogen) atoms. The first-order valence-corrected chi connectivity index (χ1v) is 6.25. The highest BCUT2D eigenvalue weighted by Gasteiger charge is 2.07. The maximum Gasteiger partial charge on any atom is 0.131 e. The van der Waals surface area contributed by atoms with Crippen LogP contribution >= 0.6 is 0 Å². The lowest BCUT2D eigenvalue weighted by Gasteiger charge is -2.09. The first-order chi connectivity index (χ1) is 9.74. The molecule has 0 saturated carbocycles. The second kappa shape index (κ2) is 5.25. The van der Waals surface area contributed by atoms with Crippen LogP contribution in [0.2, 0.25) is 0 Å². The highest BCUT2D eigenvalue weighted by molar-refractivity contribution is 5.81. The summed E-state index contributed by atoms with van der Waals surface area (Å²) in [5, 5.41) is 3.97. The molecule has 3 aromatic rings. The van der Waals surface area contributed by atoms with Crippen LogP contribution in [0.15, 0.2) is 54.7 Å². The second-order valence-corrected chi connectivity index (χ2v) is 4.47. The summed E-state index contributed by atoms with van der Waals surface area (Å²) in [6.07, 6.45) is 1.65. The van der Waals surface area contributed by atoms with E-state index in [1.807, 2.05) is 30.3 Å². The van der Waals surface area contributed by atoms with E-state index in [4.69, 9.17) is 0 Å². The van der Waals surface area contributed by atoms with Gasteiger partial charge < -0.3 is 5.32 Å². The Bertz CT molecular complexity index is 736. The predicted octanol–water partition coefficient (Wildman–Crippen LogP) is 4.13. The van der Waals surface area contributed by atoms with Gasteiger partial charge in [-0.15, -0.1) is 0 Å². The molecule has 0 unspecified atom stereocenters. The highest BCUT2D eigenvalue weighted by atomic mass is 19.1. The monoisotopic (exact) mass is 270 g/mol. The van der Waals surface area contributed by atoms with Crippen molar-refractivity contribution < 1.29 is 8.78 Å². The summed E-state index contributed by atoms with van der Waals surface area (Å²) in [5.74, 6) is -1.10. The zero-order chi connectivity index (χ0) is 13.9. The third-order valence-electron chi connectivity index (χ3n) is 3.12. The number of benzene rings is 2. The number of anilines is 1. The van der Waals surface area contributed by atoms with Gasteiger partial charge in [0, 0.05) is 17.5 Å². The predicted molar refractivity (Wildman–Crippen MR) is 75.4 cm³/mol. The van der Waals surface area contributed by atoms with Gasteiger partial charge in [0.1, 0.15) is 11.6 Å². The molecule has 2 nitrogen and oxygen atoms in total. The quantitative estimate of drug-likeness (QED) is 0.774. The van der Waals surface area contributed by atoms with Crippen molar-refractivity contribution in [2.75, 3.05) is 5.32 Å². The normalized spacial score (nSPS) is 10.7. The molecule has 0 bridgehead atoms. The van der Waals surface area contributed by atoms with Gasteiger partial charge in [0.2, 0.25) is 0 Å². The Hall–Kier alpha value is -2.49. The molecule has 0 atom stereocenters.